The molecule has 0 saturated carbocycles. The van der Waals surface area contributed by atoms with Gasteiger partial charge in [0.2, 0.25) is 5.91 Å². The number of amides is 3. The van der Waals surface area contributed by atoms with Crippen LogP contribution >= 0.6 is 0 Å². The van der Waals surface area contributed by atoms with E-state index in [1.807, 2.05) is 32.9 Å². The molecular formula is C17H25N3O3. The Balaban J connectivity index is 1.92. The summed E-state index contributed by atoms with van der Waals surface area (Å²) in [4.78, 5) is 25.9. The highest BCUT2D eigenvalue weighted by Crippen LogP contribution is 2.32. The number of benzene rings is 1. The number of rotatable bonds is 3. The third-order valence-corrected chi connectivity index (χ3v) is 3.73. The van der Waals surface area contributed by atoms with Crippen LogP contribution in [-0.2, 0) is 4.79 Å². The highest BCUT2D eigenvalue weighted by atomic mass is 16.3. The normalized spacial score (nSPS) is 18.7. The number of hydrogen-bond donors (Lipinski definition) is 3. The zero-order valence-corrected chi connectivity index (χ0v) is 13.9. The fourth-order valence-electron chi connectivity index (χ4n) is 2.81. The Morgan fingerprint density at radius 1 is 1.26 bits per heavy atom. The predicted molar refractivity (Wildman–Crippen MR) is 88.1 cm³/mol. The van der Waals surface area contributed by atoms with Gasteiger partial charge in [-0.05, 0) is 57.9 Å². The van der Waals surface area contributed by atoms with Crippen molar-refractivity contribution in [2.45, 2.75) is 45.2 Å². The van der Waals surface area contributed by atoms with Crippen molar-refractivity contribution in [1.29, 1.82) is 0 Å². The van der Waals surface area contributed by atoms with E-state index in [-0.39, 0.29) is 29.8 Å². The molecule has 0 bridgehead atoms. The summed E-state index contributed by atoms with van der Waals surface area (Å²) < 4.78 is 0. The first kappa shape index (κ1) is 17.3. The summed E-state index contributed by atoms with van der Waals surface area (Å²) in [6, 6.07) is 6.74. The van der Waals surface area contributed by atoms with Crippen LogP contribution in [0.2, 0.25) is 0 Å². The Labute approximate surface area is 136 Å². The highest BCUT2D eigenvalue weighted by Gasteiger charge is 2.28. The molecule has 1 aliphatic heterocycles. The summed E-state index contributed by atoms with van der Waals surface area (Å²) in [6.07, 6.45) is 1.97. The lowest BCUT2D eigenvalue weighted by molar-refractivity contribution is -0.121. The van der Waals surface area contributed by atoms with Gasteiger partial charge in [0.15, 0.2) is 0 Å². The van der Waals surface area contributed by atoms with Crippen molar-refractivity contribution in [2.24, 2.45) is 0 Å². The molecule has 0 aromatic heterocycles. The molecule has 1 atom stereocenters. The molecule has 3 amide bonds. The molecule has 1 saturated heterocycles. The molecule has 1 heterocycles. The van der Waals surface area contributed by atoms with Gasteiger partial charge < -0.3 is 10.4 Å². The van der Waals surface area contributed by atoms with Gasteiger partial charge in [-0.1, -0.05) is 12.1 Å². The average molecular weight is 319 g/mol. The molecule has 23 heavy (non-hydrogen) atoms. The van der Waals surface area contributed by atoms with Crippen LogP contribution in [0, 0.1) is 0 Å². The van der Waals surface area contributed by atoms with E-state index in [2.05, 4.69) is 15.5 Å². The molecule has 1 fully saturated rings. The van der Waals surface area contributed by atoms with Crippen LogP contribution in [0.15, 0.2) is 24.3 Å². The molecule has 0 aliphatic carbocycles. The summed E-state index contributed by atoms with van der Waals surface area (Å²) in [5.41, 5.74) is 0.694. The molecule has 6 nitrogen and oxygen atoms in total. The molecule has 0 radical (unpaired) electrons. The van der Waals surface area contributed by atoms with E-state index >= 15 is 0 Å². The second-order valence-electron chi connectivity index (χ2n) is 6.97. The van der Waals surface area contributed by atoms with Gasteiger partial charge in [-0.25, -0.2) is 4.79 Å². The number of likely N-dealkylation sites (tertiary alicyclic amines) is 1. The standard InChI is InChI=1S/C17H25N3O3/c1-17(2,3)19-16(23)18-15(22)11-20-10-4-5-14(20)12-6-8-13(21)9-7-12/h6-9,14,21H,4-5,10-11H2,1-3H3,(H2,18,19,22,23)/t14-/m0/s1. The zero-order valence-electron chi connectivity index (χ0n) is 13.9. The minimum absolute atomic E-state index is 0.145. The molecule has 6 heteroatoms. The van der Waals surface area contributed by atoms with E-state index in [9.17, 15) is 14.7 Å². The van der Waals surface area contributed by atoms with E-state index in [0.29, 0.717) is 0 Å². The predicted octanol–water partition coefficient (Wildman–Crippen LogP) is 2.15. The summed E-state index contributed by atoms with van der Waals surface area (Å²) in [7, 11) is 0. The van der Waals surface area contributed by atoms with Gasteiger partial charge in [-0.3, -0.25) is 15.0 Å². The Morgan fingerprint density at radius 2 is 1.91 bits per heavy atom. The van der Waals surface area contributed by atoms with Crippen molar-refractivity contribution >= 4 is 11.9 Å². The molecule has 2 rings (SSSR count). The van der Waals surface area contributed by atoms with E-state index < -0.39 is 6.03 Å². The van der Waals surface area contributed by atoms with E-state index in [0.717, 1.165) is 24.9 Å². The van der Waals surface area contributed by atoms with Gasteiger partial charge in [-0.2, -0.15) is 0 Å². The first-order chi connectivity index (χ1) is 10.7. The summed E-state index contributed by atoms with van der Waals surface area (Å²) >= 11 is 0. The van der Waals surface area contributed by atoms with Gasteiger partial charge in [0.05, 0.1) is 6.54 Å². The minimum atomic E-state index is -0.470. The number of nitrogens with one attached hydrogen (secondary N) is 2. The minimum Gasteiger partial charge on any atom is -0.508 e. The van der Waals surface area contributed by atoms with Crippen LogP contribution < -0.4 is 10.6 Å². The van der Waals surface area contributed by atoms with Crippen molar-refractivity contribution in [3.05, 3.63) is 29.8 Å². The summed E-state index contributed by atoms with van der Waals surface area (Å²) in [6.45, 7) is 6.58. The van der Waals surface area contributed by atoms with Crippen molar-refractivity contribution in [3.63, 3.8) is 0 Å². The van der Waals surface area contributed by atoms with Crippen LogP contribution in [0.4, 0.5) is 4.79 Å². The van der Waals surface area contributed by atoms with Crippen LogP contribution in [-0.4, -0.2) is 40.6 Å². The number of phenolic OH excluding ortho intramolecular Hbond substituents is 1. The molecule has 0 spiro atoms. The number of hydrogen-bond acceptors (Lipinski definition) is 4. The second kappa shape index (κ2) is 7.00. The highest BCUT2D eigenvalue weighted by molar-refractivity contribution is 5.95. The quantitative estimate of drug-likeness (QED) is 0.797. The zero-order chi connectivity index (χ0) is 17.0. The SMILES string of the molecule is CC(C)(C)NC(=O)NC(=O)CN1CCC[C@H]1c1ccc(O)cc1. The van der Waals surface area contributed by atoms with Crippen molar-refractivity contribution in [2.75, 3.05) is 13.1 Å². The lowest BCUT2D eigenvalue weighted by atomic mass is 10.0. The first-order valence-corrected chi connectivity index (χ1v) is 7.89. The third-order valence-electron chi connectivity index (χ3n) is 3.73. The molecule has 126 valence electrons. The number of aromatic hydroxyl groups is 1. The largest absolute Gasteiger partial charge is 0.508 e. The number of nitrogens with zero attached hydrogens (tertiary/aromatic N) is 1. The fraction of sp³-hybridized carbons (Fsp3) is 0.529. The van der Waals surface area contributed by atoms with Crippen LogP contribution in [0.25, 0.3) is 0 Å². The van der Waals surface area contributed by atoms with Gasteiger partial charge in [0.25, 0.3) is 0 Å². The number of carbonyl (C=O) groups excluding carboxylic acids is 2. The van der Waals surface area contributed by atoms with Gasteiger partial charge in [0.1, 0.15) is 5.75 Å². The topological polar surface area (TPSA) is 81.7 Å². The summed E-state index contributed by atoms with van der Waals surface area (Å²) in [5.74, 6) is -0.0766. The Bertz CT molecular complexity index is 563. The van der Waals surface area contributed by atoms with E-state index in [4.69, 9.17) is 0 Å². The molecule has 0 unspecified atom stereocenters. The number of phenols is 1. The molecule has 1 aromatic rings. The monoisotopic (exact) mass is 319 g/mol. The number of imide groups is 1. The maximum absolute atomic E-state index is 12.1. The second-order valence-corrected chi connectivity index (χ2v) is 6.97. The van der Waals surface area contributed by atoms with Crippen LogP contribution in [0.3, 0.4) is 0 Å². The van der Waals surface area contributed by atoms with Crippen LogP contribution in [0.5, 0.6) is 5.75 Å². The molecular weight excluding hydrogens is 294 g/mol. The van der Waals surface area contributed by atoms with Crippen molar-refractivity contribution in [1.82, 2.24) is 15.5 Å². The Morgan fingerprint density at radius 3 is 2.52 bits per heavy atom. The van der Waals surface area contributed by atoms with E-state index in [1.54, 1.807) is 12.1 Å². The van der Waals surface area contributed by atoms with Crippen molar-refractivity contribution in [3.8, 4) is 5.75 Å². The van der Waals surface area contributed by atoms with Gasteiger partial charge >= 0.3 is 6.03 Å². The fourth-order valence-corrected chi connectivity index (χ4v) is 2.81. The smallest absolute Gasteiger partial charge is 0.321 e. The maximum atomic E-state index is 12.1. The van der Waals surface area contributed by atoms with E-state index in [1.165, 1.54) is 0 Å². The Kier molecular flexibility index (Phi) is 5.26. The third kappa shape index (κ3) is 5.25. The average Bonchev–Trinajstić information content (AvgIpc) is 2.85. The number of urea groups is 1. The van der Waals surface area contributed by atoms with Gasteiger partial charge in [0, 0.05) is 11.6 Å². The van der Waals surface area contributed by atoms with Crippen LogP contribution in [0.1, 0.15) is 45.2 Å². The number of carbonyl (C=O) groups is 2. The lowest BCUT2D eigenvalue weighted by Gasteiger charge is -2.25. The lowest BCUT2D eigenvalue weighted by Crippen LogP contribution is -2.50. The Hall–Kier alpha value is -2.08. The molecule has 1 aromatic carbocycles. The van der Waals surface area contributed by atoms with Crippen molar-refractivity contribution < 1.29 is 14.7 Å². The molecule has 3 N–H and O–H groups in total. The summed E-state index contributed by atoms with van der Waals surface area (Å²) in [5, 5.41) is 14.5. The first-order valence-electron chi connectivity index (χ1n) is 7.89. The van der Waals surface area contributed by atoms with Gasteiger partial charge in [-0.15, -0.1) is 0 Å². The maximum Gasteiger partial charge on any atom is 0.321 e. The molecule has 1 aliphatic rings.